The Kier molecular flexibility index (Phi) is 3.07. The largest absolute Gasteiger partial charge is 0.356 e. The van der Waals surface area contributed by atoms with Crippen molar-refractivity contribution in [2.45, 2.75) is 5.88 Å². The average molecular weight is 291 g/mol. The Labute approximate surface area is 99.2 Å². The summed E-state index contributed by atoms with van der Waals surface area (Å²) in [7, 11) is 0. The Morgan fingerprint density at radius 1 is 1.47 bits per heavy atom. The normalized spacial score (nSPS) is 10.6. The van der Waals surface area contributed by atoms with Crippen LogP contribution < -0.4 is 0 Å². The van der Waals surface area contributed by atoms with E-state index in [0.29, 0.717) is 16.1 Å². The molecule has 0 aliphatic heterocycles. The highest BCUT2D eigenvalue weighted by molar-refractivity contribution is 9.10. The number of rotatable bonds is 2. The van der Waals surface area contributed by atoms with Gasteiger partial charge in [-0.2, -0.15) is 0 Å². The molecular weight excluding hydrogens is 284 g/mol. The van der Waals surface area contributed by atoms with Gasteiger partial charge < -0.3 is 4.52 Å². The van der Waals surface area contributed by atoms with Crippen molar-refractivity contribution in [2.24, 2.45) is 0 Å². The summed E-state index contributed by atoms with van der Waals surface area (Å²) < 4.78 is 18.4. The van der Waals surface area contributed by atoms with E-state index in [1.165, 1.54) is 6.07 Å². The lowest BCUT2D eigenvalue weighted by molar-refractivity contribution is 0.431. The Bertz CT molecular complexity index is 486. The summed E-state index contributed by atoms with van der Waals surface area (Å²) in [4.78, 5) is 0. The maximum atomic E-state index is 13.0. The van der Waals surface area contributed by atoms with Crippen molar-refractivity contribution in [3.63, 3.8) is 0 Å². The smallest absolute Gasteiger partial charge is 0.171 e. The molecule has 0 spiro atoms. The monoisotopic (exact) mass is 289 g/mol. The predicted octanol–water partition coefficient (Wildman–Crippen LogP) is 3.98. The van der Waals surface area contributed by atoms with Crippen LogP contribution in [0.25, 0.3) is 11.3 Å². The minimum atomic E-state index is -0.314. The van der Waals surface area contributed by atoms with Crippen molar-refractivity contribution in [3.05, 3.63) is 40.2 Å². The van der Waals surface area contributed by atoms with Gasteiger partial charge in [0.05, 0.1) is 16.5 Å². The standard InChI is InChI=1S/C10H6BrClFNO/c11-8-3-6(1-2-9(8)13)10-7(4-12)5-14-15-10/h1-3,5H,4H2. The van der Waals surface area contributed by atoms with Crippen LogP contribution in [0.5, 0.6) is 0 Å². The van der Waals surface area contributed by atoms with Crippen LogP contribution in [0.3, 0.4) is 0 Å². The fourth-order valence-corrected chi connectivity index (χ4v) is 1.80. The predicted molar refractivity (Wildman–Crippen MR) is 59.2 cm³/mol. The minimum Gasteiger partial charge on any atom is -0.356 e. The molecule has 2 aromatic rings. The van der Waals surface area contributed by atoms with E-state index >= 15 is 0 Å². The van der Waals surface area contributed by atoms with Crippen LogP contribution >= 0.6 is 27.5 Å². The number of hydrogen-bond donors (Lipinski definition) is 0. The molecule has 0 aliphatic carbocycles. The zero-order valence-electron chi connectivity index (χ0n) is 7.51. The minimum absolute atomic E-state index is 0.313. The lowest BCUT2D eigenvalue weighted by atomic mass is 10.1. The van der Waals surface area contributed by atoms with Gasteiger partial charge in [-0.05, 0) is 34.1 Å². The van der Waals surface area contributed by atoms with Gasteiger partial charge in [0, 0.05) is 11.1 Å². The second-order valence-electron chi connectivity index (χ2n) is 2.94. The van der Waals surface area contributed by atoms with Gasteiger partial charge in [-0.3, -0.25) is 0 Å². The van der Waals surface area contributed by atoms with Crippen molar-refractivity contribution >= 4 is 27.5 Å². The fraction of sp³-hybridized carbons (Fsp3) is 0.100. The molecule has 0 N–H and O–H groups in total. The molecule has 2 rings (SSSR count). The Morgan fingerprint density at radius 3 is 2.93 bits per heavy atom. The van der Waals surface area contributed by atoms with Crippen LogP contribution in [-0.2, 0) is 5.88 Å². The number of alkyl halides is 1. The quantitative estimate of drug-likeness (QED) is 0.782. The summed E-state index contributed by atoms with van der Waals surface area (Å²) in [5.41, 5.74) is 1.53. The summed E-state index contributed by atoms with van der Waals surface area (Å²) in [6.07, 6.45) is 1.56. The molecule has 5 heteroatoms. The van der Waals surface area contributed by atoms with Crippen molar-refractivity contribution in [2.75, 3.05) is 0 Å². The highest BCUT2D eigenvalue weighted by atomic mass is 79.9. The second kappa shape index (κ2) is 4.33. The Balaban J connectivity index is 2.50. The van der Waals surface area contributed by atoms with Crippen LogP contribution in [0.15, 0.2) is 33.4 Å². The van der Waals surface area contributed by atoms with E-state index in [1.54, 1.807) is 18.3 Å². The van der Waals surface area contributed by atoms with E-state index in [4.69, 9.17) is 16.1 Å². The molecule has 0 bridgehead atoms. The molecule has 0 unspecified atom stereocenters. The molecule has 2 nitrogen and oxygen atoms in total. The van der Waals surface area contributed by atoms with Crippen LogP contribution in [0, 0.1) is 5.82 Å². The number of hydrogen-bond acceptors (Lipinski definition) is 2. The van der Waals surface area contributed by atoms with Gasteiger partial charge >= 0.3 is 0 Å². The molecule has 0 saturated heterocycles. The molecule has 0 atom stereocenters. The third-order valence-electron chi connectivity index (χ3n) is 1.97. The van der Waals surface area contributed by atoms with Gasteiger partial charge in [0.15, 0.2) is 5.76 Å². The van der Waals surface area contributed by atoms with Gasteiger partial charge in [0.25, 0.3) is 0 Å². The number of nitrogens with zero attached hydrogens (tertiary/aromatic N) is 1. The van der Waals surface area contributed by atoms with Crippen LogP contribution in [-0.4, -0.2) is 5.16 Å². The molecule has 1 aromatic heterocycles. The van der Waals surface area contributed by atoms with Crippen LogP contribution in [0.4, 0.5) is 4.39 Å². The Morgan fingerprint density at radius 2 is 2.27 bits per heavy atom. The molecule has 1 heterocycles. The molecular formula is C10H6BrClFNO. The third kappa shape index (κ3) is 2.06. The van der Waals surface area contributed by atoms with Crippen molar-refractivity contribution in [1.29, 1.82) is 0 Å². The SMILES string of the molecule is Fc1ccc(-c2oncc2CCl)cc1Br. The number of benzene rings is 1. The summed E-state index contributed by atoms with van der Waals surface area (Å²) in [6, 6.07) is 4.61. The van der Waals surface area contributed by atoms with E-state index < -0.39 is 0 Å². The second-order valence-corrected chi connectivity index (χ2v) is 4.06. The fourth-order valence-electron chi connectivity index (χ4n) is 1.23. The first-order valence-corrected chi connectivity index (χ1v) is 5.50. The maximum absolute atomic E-state index is 13.0. The van der Waals surface area contributed by atoms with E-state index in [2.05, 4.69) is 21.1 Å². The van der Waals surface area contributed by atoms with Crippen molar-refractivity contribution in [1.82, 2.24) is 5.16 Å². The molecule has 0 aliphatic rings. The first-order chi connectivity index (χ1) is 7.22. The van der Waals surface area contributed by atoms with Gasteiger partial charge in [0.2, 0.25) is 0 Å². The van der Waals surface area contributed by atoms with Gasteiger partial charge in [0.1, 0.15) is 5.82 Å². The first kappa shape index (κ1) is 10.6. The van der Waals surface area contributed by atoms with E-state index in [-0.39, 0.29) is 5.82 Å². The van der Waals surface area contributed by atoms with Crippen molar-refractivity contribution < 1.29 is 8.91 Å². The lowest BCUT2D eigenvalue weighted by Crippen LogP contribution is -1.83. The molecule has 0 saturated carbocycles. The Hall–Kier alpha value is -0.870. The number of aromatic nitrogens is 1. The number of halogens is 3. The van der Waals surface area contributed by atoms with E-state index in [9.17, 15) is 4.39 Å². The van der Waals surface area contributed by atoms with Crippen molar-refractivity contribution in [3.8, 4) is 11.3 Å². The first-order valence-electron chi connectivity index (χ1n) is 4.17. The van der Waals surface area contributed by atoms with Gasteiger partial charge in [-0.15, -0.1) is 11.6 Å². The van der Waals surface area contributed by atoms with Crippen LogP contribution in [0.1, 0.15) is 5.56 Å². The van der Waals surface area contributed by atoms with E-state index in [1.807, 2.05) is 0 Å². The maximum Gasteiger partial charge on any atom is 0.171 e. The zero-order valence-corrected chi connectivity index (χ0v) is 9.85. The van der Waals surface area contributed by atoms with Gasteiger partial charge in [-0.1, -0.05) is 5.16 Å². The molecule has 78 valence electrons. The third-order valence-corrected chi connectivity index (χ3v) is 2.87. The van der Waals surface area contributed by atoms with Gasteiger partial charge in [-0.25, -0.2) is 4.39 Å². The topological polar surface area (TPSA) is 26.0 Å². The average Bonchev–Trinajstić information content (AvgIpc) is 2.70. The summed E-state index contributed by atoms with van der Waals surface area (Å²) in [5.74, 6) is 0.574. The van der Waals surface area contributed by atoms with E-state index in [0.717, 1.165) is 11.1 Å². The summed E-state index contributed by atoms with van der Waals surface area (Å²) in [6.45, 7) is 0. The molecule has 15 heavy (non-hydrogen) atoms. The molecule has 0 amide bonds. The van der Waals surface area contributed by atoms with Crippen LogP contribution in [0.2, 0.25) is 0 Å². The molecule has 0 fully saturated rings. The zero-order chi connectivity index (χ0) is 10.8. The summed E-state index contributed by atoms with van der Waals surface area (Å²) in [5, 5.41) is 3.65. The highest BCUT2D eigenvalue weighted by Crippen LogP contribution is 2.28. The lowest BCUT2D eigenvalue weighted by Gasteiger charge is -2.00. The summed E-state index contributed by atoms with van der Waals surface area (Å²) >= 11 is 8.82. The molecule has 1 aromatic carbocycles. The molecule has 0 radical (unpaired) electrons. The highest BCUT2D eigenvalue weighted by Gasteiger charge is 2.11.